The zero-order chi connectivity index (χ0) is 26.2. The third-order valence-electron chi connectivity index (χ3n) is 7.74. The molecule has 2 heterocycles. The summed E-state index contributed by atoms with van der Waals surface area (Å²) in [5, 5.41) is 30.8. The number of hydrogen-bond acceptors (Lipinski definition) is 8. The number of phenolic OH excluding ortho intramolecular Hbond substituents is 1. The molecule has 4 rings (SSSR count). The number of carboxylic acids is 1. The number of amides is 2. The summed E-state index contributed by atoms with van der Waals surface area (Å²) in [4.78, 5) is 38.8. The largest absolute Gasteiger partial charge is 0.504 e. The molecule has 6 atom stereocenters. The van der Waals surface area contributed by atoms with Crippen LogP contribution in [0.4, 0.5) is 0 Å². The lowest BCUT2D eigenvalue weighted by Crippen LogP contribution is -2.54. The van der Waals surface area contributed by atoms with Crippen molar-refractivity contribution in [3.05, 3.63) is 21.3 Å². The molecular formula is C25H32INO9. The normalized spacial score (nSPS) is 31.4. The predicted molar refractivity (Wildman–Crippen MR) is 134 cm³/mol. The number of rotatable bonds is 10. The van der Waals surface area contributed by atoms with Crippen molar-refractivity contribution in [1.82, 2.24) is 4.90 Å². The number of benzene rings is 1. The monoisotopic (exact) mass is 617 g/mol. The van der Waals surface area contributed by atoms with E-state index in [9.17, 15) is 24.6 Å². The Bertz CT molecular complexity index is 1030. The first kappa shape index (κ1) is 27.1. The lowest BCUT2D eigenvalue weighted by Gasteiger charge is -2.44. The Labute approximate surface area is 223 Å². The van der Waals surface area contributed by atoms with Crippen LogP contribution in [0.5, 0.6) is 11.5 Å². The Morgan fingerprint density at radius 2 is 1.94 bits per heavy atom. The van der Waals surface area contributed by atoms with E-state index in [2.05, 4.69) is 0 Å². The van der Waals surface area contributed by atoms with Crippen molar-refractivity contribution >= 4 is 40.4 Å². The van der Waals surface area contributed by atoms with E-state index in [1.165, 1.54) is 19.1 Å². The van der Waals surface area contributed by atoms with Crippen molar-refractivity contribution in [2.75, 3.05) is 27.4 Å². The fourth-order valence-electron chi connectivity index (χ4n) is 6.03. The first-order valence-electron chi connectivity index (χ1n) is 12.1. The highest BCUT2D eigenvalue weighted by Crippen LogP contribution is 2.58. The zero-order valence-corrected chi connectivity index (χ0v) is 22.5. The minimum Gasteiger partial charge on any atom is -0.504 e. The number of likely N-dealkylation sites (tertiary alicyclic amines) is 1. The summed E-state index contributed by atoms with van der Waals surface area (Å²) in [6.45, 7) is 0.415. The molecule has 10 nitrogen and oxygen atoms in total. The lowest BCUT2D eigenvalue weighted by molar-refractivity contribution is -0.275. The van der Waals surface area contributed by atoms with Crippen molar-refractivity contribution in [3.63, 3.8) is 0 Å². The third kappa shape index (κ3) is 4.82. The van der Waals surface area contributed by atoms with Gasteiger partial charge in [0.2, 0.25) is 11.8 Å². The second-order valence-electron chi connectivity index (χ2n) is 9.81. The van der Waals surface area contributed by atoms with Crippen molar-refractivity contribution < 1.29 is 43.9 Å². The Kier molecular flexibility index (Phi) is 8.13. The topological polar surface area (TPSA) is 143 Å². The van der Waals surface area contributed by atoms with Crippen LogP contribution in [-0.2, 0) is 23.9 Å². The molecule has 36 heavy (non-hydrogen) atoms. The molecule has 11 heteroatoms. The van der Waals surface area contributed by atoms with Crippen LogP contribution in [-0.4, -0.2) is 71.2 Å². The standard InChI is InChI=1S/C25H32INO9/c1-34-12-14-10-15-21(24(32)27(23(15)31)7-5-3-4-6-20(28)29)16-11-18(36-25(14,16)33)13-8-17(26)22(30)19(9-13)35-2/h8-9,14-16,18,21,30,33H,3-7,10-12H2,1-2H3,(H,28,29)/t14-,15+,16+,18+,21+,25-/m1/s1. The van der Waals surface area contributed by atoms with E-state index in [-0.39, 0.29) is 49.3 Å². The van der Waals surface area contributed by atoms with Crippen LogP contribution in [0.2, 0.25) is 0 Å². The maximum Gasteiger partial charge on any atom is 0.303 e. The van der Waals surface area contributed by atoms with E-state index in [1.807, 2.05) is 22.6 Å². The van der Waals surface area contributed by atoms with Gasteiger partial charge < -0.3 is 29.5 Å². The van der Waals surface area contributed by atoms with E-state index in [4.69, 9.17) is 19.3 Å². The number of imide groups is 1. The van der Waals surface area contributed by atoms with Crippen LogP contribution in [0.15, 0.2) is 12.1 Å². The zero-order valence-electron chi connectivity index (χ0n) is 20.3. The summed E-state index contributed by atoms with van der Waals surface area (Å²) < 4.78 is 17.5. The summed E-state index contributed by atoms with van der Waals surface area (Å²) in [7, 11) is 2.98. The first-order valence-corrected chi connectivity index (χ1v) is 13.2. The van der Waals surface area contributed by atoms with Gasteiger partial charge in [0, 0.05) is 31.9 Å². The van der Waals surface area contributed by atoms with E-state index in [1.54, 1.807) is 12.1 Å². The summed E-state index contributed by atoms with van der Waals surface area (Å²) in [6.07, 6.45) is 1.72. The molecule has 1 aliphatic carbocycles. The van der Waals surface area contributed by atoms with Crippen LogP contribution in [0.3, 0.4) is 0 Å². The van der Waals surface area contributed by atoms with Gasteiger partial charge in [-0.15, -0.1) is 0 Å². The van der Waals surface area contributed by atoms with Gasteiger partial charge in [0.05, 0.1) is 35.2 Å². The highest BCUT2D eigenvalue weighted by molar-refractivity contribution is 14.1. The fraction of sp³-hybridized carbons (Fsp3) is 0.640. The molecule has 0 radical (unpaired) electrons. The minimum atomic E-state index is -1.65. The summed E-state index contributed by atoms with van der Waals surface area (Å²) in [5.74, 6) is -5.10. The molecule has 3 aliphatic rings. The van der Waals surface area contributed by atoms with Crippen LogP contribution >= 0.6 is 22.6 Å². The number of carboxylic acid groups (broad SMARTS) is 1. The molecule has 3 N–H and O–H groups in total. The number of ether oxygens (including phenoxy) is 3. The molecule has 1 aromatic rings. The average molecular weight is 617 g/mol. The van der Waals surface area contributed by atoms with Gasteiger partial charge >= 0.3 is 5.97 Å². The van der Waals surface area contributed by atoms with Gasteiger partial charge in [0.25, 0.3) is 0 Å². The number of unbranched alkanes of at least 4 members (excludes halogenated alkanes) is 2. The Hall–Kier alpha value is -1.96. The molecule has 2 aliphatic heterocycles. The van der Waals surface area contributed by atoms with Crippen molar-refractivity contribution in [2.24, 2.45) is 23.7 Å². The maximum atomic E-state index is 13.5. The molecule has 0 aromatic heterocycles. The number of carbonyl (C=O) groups excluding carboxylic acids is 2. The van der Waals surface area contributed by atoms with E-state index >= 15 is 0 Å². The van der Waals surface area contributed by atoms with Gasteiger partial charge in [0.15, 0.2) is 17.3 Å². The number of hydrogen-bond donors (Lipinski definition) is 3. The Morgan fingerprint density at radius 3 is 2.61 bits per heavy atom. The number of aliphatic hydroxyl groups is 1. The number of halogens is 1. The van der Waals surface area contributed by atoms with E-state index in [0.29, 0.717) is 34.8 Å². The predicted octanol–water partition coefficient (Wildman–Crippen LogP) is 2.68. The van der Waals surface area contributed by atoms with Crippen LogP contribution in [0.1, 0.15) is 50.2 Å². The van der Waals surface area contributed by atoms with Crippen LogP contribution in [0, 0.1) is 27.2 Å². The summed E-state index contributed by atoms with van der Waals surface area (Å²) in [5.41, 5.74) is 0.705. The number of aliphatic carboxylic acids is 1. The molecular weight excluding hydrogens is 585 g/mol. The van der Waals surface area contributed by atoms with Gasteiger partial charge in [-0.25, -0.2) is 0 Å². The summed E-state index contributed by atoms with van der Waals surface area (Å²) in [6, 6.07) is 3.42. The van der Waals surface area contributed by atoms with Crippen molar-refractivity contribution in [2.45, 2.75) is 50.4 Å². The number of nitrogens with zero attached hydrogens (tertiary/aromatic N) is 1. The van der Waals surface area contributed by atoms with Gasteiger partial charge in [-0.05, 0) is 66.0 Å². The molecule has 2 saturated heterocycles. The Morgan fingerprint density at radius 1 is 1.19 bits per heavy atom. The van der Waals surface area contributed by atoms with Gasteiger partial charge in [-0.1, -0.05) is 6.42 Å². The second-order valence-corrected chi connectivity index (χ2v) is 11.0. The van der Waals surface area contributed by atoms with E-state index < -0.39 is 41.5 Å². The van der Waals surface area contributed by atoms with Gasteiger partial charge in [-0.2, -0.15) is 0 Å². The minimum absolute atomic E-state index is 0.0175. The maximum absolute atomic E-state index is 13.5. The fourth-order valence-corrected chi connectivity index (χ4v) is 6.65. The summed E-state index contributed by atoms with van der Waals surface area (Å²) >= 11 is 2.00. The quantitative estimate of drug-likeness (QED) is 0.205. The molecule has 2 amide bonds. The molecule has 1 aromatic carbocycles. The third-order valence-corrected chi connectivity index (χ3v) is 8.56. The second kappa shape index (κ2) is 10.8. The SMILES string of the molecule is COC[C@H]1C[C@@H]2C(=O)N(CCCCCC(=O)O)C(=O)[C@@H]2[C@@H]2C[C@@H](c3cc(I)c(O)c(OC)c3)O[C@]12O. The highest BCUT2D eigenvalue weighted by atomic mass is 127. The molecule has 198 valence electrons. The molecule has 0 bridgehead atoms. The number of aromatic hydroxyl groups is 1. The smallest absolute Gasteiger partial charge is 0.303 e. The van der Waals surface area contributed by atoms with Gasteiger partial charge in [-0.3, -0.25) is 19.3 Å². The van der Waals surface area contributed by atoms with Gasteiger partial charge in [0.1, 0.15) is 0 Å². The Balaban J connectivity index is 1.58. The molecule has 0 unspecified atom stereocenters. The average Bonchev–Trinajstić information content (AvgIpc) is 3.30. The van der Waals surface area contributed by atoms with Crippen molar-refractivity contribution in [3.8, 4) is 11.5 Å². The van der Waals surface area contributed by atoms with Crippen molar-refractivity contribution in [1.29, 1.82) is 0 Å². The van der Waals surface area contributed by atoms with Crippen LogP contribution in [0.25, 0.3) is 0 Å². The number of carbonyl (C=O) groups is 3. The number of phenols is 1. The number of fused-ring (bicyclic) bond motifs is 3. The van der Waals surface area contributed by atoms with E-state index in [0.717, 1.165) is 0 Å². The molecule has 3 fully saturated rings. The first-order chi connectivity index (χ1) is 17.1. The molecule has 1 saturated carbocycles. The molecule has 0 spiro atoms. The lowest BCUT2D eigenvalue weighted by atomic mass is 9.64. The highest BCUT2D eigenvalue weighted by Gasteiger charge is 2.66. The van der Waals surface area contributed by atoms with Crippen LogP contribution < -0.4 is 4.74 Å². The number of methoxy groups -OCH3 is 2.